The molecule has 0 radical (unpaired) electrons. The zero-order valence-corrected chi connectivity index (χ0v) is 16.8. The van der Waals surface area contributed by atoms with Crippen LogP contribution in [0.4, 0.5) is 15.8 Å². The zero-order chi connectivity index (χ0) is 19.1. The maximum atomic E-state index is 13.5. The predicted molar refractivity (Wildman–Crippen MR) is 117 cm³/mol. The van der Waals surface area contributed by atoms with Crippen LogP contribution in [0.25, 0.3) is 22.2 Å². The van der Waals surface area contributed by atoms with Crippen molar-refractivity contribution in [3.63, 3.8) is 0 Å². The molecule has 0 saturated carbocycles. The lowest BCUT2D eigenvalue weighted by molar-refractivity contribution is 0.628. The van der Waals surface area contributed by atoms with E-state index in [4.69, 9.17) is 4.98 Å². The molecule has 0 spiro atoms. The van der Waals surface area contributed by atoms with E-state index in [0.29, 0.717) is 0 Å². The molecule has 0 unspecified atom stereocenters. The second kappa shape index (κ2) is 7.02. The fourth-order valence-electron chi connectivity index (χ4n) is 3.95. The molecule has 0 atom stereocenters. The predicted octanol–water partition coefficient (Wildman–Crippen LogP) is 6.89. The van der Waals surface area contributed by atoms with Crippen molar-refractivity contribution in [3.05, 3.63) is 88.6 Å². The Morgan fingerprint density at radius 2 is 1.71 bits per heavy atom. The first kappa shape index (κ1) is 17.4. The minimum atomic E-state index is -0.237. The van der Waals surface area contributed by atoms with E-state index >= 15 is 0 Å². The van der Waals surface area contributed by atoms with Crippen LogP contribution in [0.5, 0.6) is 0 Å². The highest BCUT2D eigenvalue weighted by Crippen LogP contribution is 2.40. The molecule has 4 heteroatoms. The summed E-state index contributed by atoms with van der Waals surface area (Å²) in [7, 11) is 0. The van der Waals surface area contributed by atoms with Crippen molar-refractivity contribution in [1.29, 1.82) is 0 Å². The number of hydrogen-bond donors (Lipinski definition) is 0. The van der Waals surface area contributed by atoms with Crippen molar-refractivity contribution in [2.24, 2.45) is 0 Å². The van der Waals surface area contributed by atoms with Gasteiger partial charge in [0.05, 0.1) is 16.9 Å². The number of hydrogen-bond acceptors (Lipinski definition) is 2. The van der Waals surface area contributed by atoms with Crippen LogP contribution in [0.15, 0.2) is 77.3 Å². The molecule has 3 aromatic carbocycles. The molecule has 138 valence electrons. The van der Waals surface area contributed by atoms with Crippen LogP contribution in [0.3, 0.4) is 0 Å². The van der Waals surface area contributed by atoms with Gasteiger partial charge in [-0.15, -0.1) is 0 Å². The molecule has 5 rings (SSSR count). The number of nitrogens with zero attached hydrogens (tertiary/aromatic N) is 2. The van der Waals surface area contributed by atoms with Crippen molar-refractivity contribution < 1.29 is 4.39 Å². The van der Waals surface area contributed by atoms with E-state index in [1.807, 2.05) is 30.3 Å². The molecular formula is C24H18BrFN2. The van der Waals surface area contributed by atoms with E-state index in [-0.39, 0.29) is 5.82 Å². The maximum Gasteiger partial charge on any atom is 0.123 e. The number of fused-ring (bicyclic) bond motifs is 2. The number of aromatic nitrogens is 1. The summed E-state index contributed by atoms with van der Waals surface area (Å²) in [6.45, 7) is 0.933. The van der Waals surface area contributed by atoms with Crippen LogP contribution in [0.1, 0.15) is 12.0 Å². The molecule has 28 heavy (non-hydrogen) atoms. The Balaban J connectivity index is 1.75. The monoisotopic (exact) mass is 432 g/mol. The van der Waals surface area contributed by atoms with Crippen LogP contribution in [-0.2, 0) is 6.42 Å². The van der Waals surface area contributed by atoms with Gasteiger partial charge in [0.1, 0.15) is 5.82 Å². The van der Waals surface area contributed by atoms with Crippen LogP contribution in [0, 0.1) is 5.82 Å². The van der Waals surface area contributed by atoms with Gasteiger partial charge in [-0.2, -0.15) is 0 Å². The molecule has 0 N–H and O–H groups in total. The third-order valence-electron chi connectivity index (χ3n) is 5.27. The van der Waals surface area contributed by atoms with Crippen molar-refractivity contribution in [1.82, 2.24) is 4.98 Å². The van der Waals surface area contributed by atoms with Gasteiger partial charge in [0.2, 0.25) is 0 Å². The lowest BCUT2D eigenvalue weighted by atomic mass is 9.99. The highest BCUT2D eigenvalue weighted by Gasteiger charge is 2.22. The van der Waals surface area contributed by atoms with Crippen LogP contribution >= 0.6 is 15.9 Å². The highest BCUT2D eigenvalue weighted by atomic mass is 79.9. The van der Waals surface area contributed by atoms with Gasteiger partial charge in [-0.05, 0) is 73.0 Å². The summed E-state index contributed by atoms with van der Waals surface area (Å²) in [6.07, 6.45) is 2.15. The number of para-hydroxylation sites is 1. The smallest absolute Gasteiger partial charge is 0.123 e. The van der Waals surface area contributed by atoms with Gasteiger partial charge in [0.15, 0.2) is 0 Å². The van der Waals surface area contributed by atoms with Crippen molar-refractivity contribution in [2.45, 2.75) is 12.8 Å². The fraction of sp³-hybridized carbons (Fsp3) is 0.125. The number of benzene rings is 3. The Hall–Kier alpha value is -2.72. The molecule has 1 aromatic heterocycles. The first-order chi connectivity index (χ1) is 13.7. The summed E-state index contributed by atoms with van der Waals surface area (Å²) < 4.78 is 14.6. The Bertz CT molecular complexity index is 1170. The van der Waals surface area contributed by atoms with Gasteiger partial charge in [-0.25, -0.2) is 9.37 Å². The zero-order valence-electron chi connectivity index (χ0n) is 15.2. The molecular weight excluding hydrogens is 415 g/mol. The summed E-state index contributed by atoms with van der Waals surface area (Å²) in [6, 6.07) is 23.4. The number of anilines is 2. The van der Waals surface area contributed by atoms with E-state index in [0.717, 1.165) is 51.7 Å². The minimum Gasteiger partial charge on any atom is -0.339 e. The number of halogens is 2. The van der Waals surface area contributed by atoms with Gasteiger partial charge in [-0.3, -0.25) is 0 Å². The van der Waals surface area contributed by atoms with Crippen molar-refractivity contribution in [3.8, 4) is 11.3 Å². The van der Waals surface area contributed by atoms with Crippen molar-refractivity contribution >= 4 is 38.2 Å². The first-order valence-electron chi connectivity index (χ1n) is 9.41. The largest absolute Gasteiger partial charge is 0.339 e. The summed E-state index contributed by atoms with van der Waals surface area (Å²) >= 11 is 3.59. The third-order valence-corrected chi connectivity index (χ3v) is 5.77. The number of aryl methyl sites for hydroxylation is 1. The molecule has 2 heterocycles. The first-order valence-corrected chi connectivity index (χ1v) is 10.2. The second-order valence-electron chi connectivity index (χ2n) is 7.08. The molecule has 2 nitrogen and oxygen atoms in total. The molecule has 0 saturated heterocycles. The minimum absolute atomic E-state index is 0.237. The molecule has 0 aliphatic carbocycles. The van der Waals surface area contributed by atoms with Crippen LogP contribution < -0.4 is 4.90 Å². The molecule has 1 aliphatic heterocycles. The van der Waals surface area contributed by atoms with Crippen LogP contribution in [-0.4, -0.2) is 11.5 Å². The van der Waals surface area contributed by atoms with Gasteiger partial charge in [0.25, 0.3) is 0 Å². The normalized spacial score (nSPS) is 13.6. The lowest BCUT2D eigenvalue weighted by Crippen LogP contribution is -2.25. The SMILES string of the molecule is Fc1ccc(-c2nc3ccccc3cc2N2CCCc3cc(Br)ccc32)cc1. The molecule has 0 amide bonds. The van der Waals surface area contributed by atoms with Gasteiger partial charge >= 0.3 is 0 Å². The standard InChI is InChI=1S/C24H18BrFN2/c25-19-9-12-22-18(14-19)5-3-13-28(22)23-15-17-4-1-2-6-21(17)27-24(23)16-7-10-20(26)11-8-16/h1-2,4,6-12,14-15H,3,5,13H2. The van der Waals surface area contributed by atoms with Crippen LogP contribution in [0.2, 0.25) is 0 Å². The van der Waals surface area contributed by atoms with E-state index in [1.54, 1.807) is 0 Å². The number of pyridine rings is 1. The number of rotatable bonds is 2. The molecule has 1 aliphatic rings. The average Bonchev–Trinajstić information content (AvgIpc) is 2.73. The summed E-state index contributed by atoms with van der Waals surface area (Å²) in [5, 5.41) is 1.10. The van der Waals surface area contributed by atoms with Gasteiger partial charge in [-0.1, -0.05) is 34.1 Å². The lowest BCUT2D eigenvalue weighted by Gasteiger charge is -2.33. The highest BCUT2D eigenvalue weighted by molar-refractivity contribution is 9.10. The second-order valence-corrected chi connectivity index (χ2v) is 8.00. The fourth-order valence-corrected chi connectivity index (χ4v) is 4.36. The maximum absolute atomic E-state index is 13.5. The Kier molecular flexibility index (Phi) is 4.36. The van der Waals surface area contributed by atoms with E-state index in [9.17, 15) is 4.39 Å². The van der Waals surface area contributed by atoms with E-state index in [2.05, 4.69) is 51.2 Å². The summed E-state index contributed by atoms with van der Waals surface area (Å²) in [5.74, 6) is -0.237. The van der Waals surface area contributed by atoms with E-state index < -0.39 is 0 Å². The summed E-state index contributed by atoms with van der Waals surface area (Å²) in [5.41, 5.74) is 6.36. The molecule has 0 fully saturated rings. The molecule has 0 bridgehead atoms. The summed E-state index contributed by atoms with van der Waals surface area (Å²) in [4.78, 5) is 7.32. The Morgan fingerprint density at radius 1 is 0.893 bits per heavy atom. The Morgan fingerprint density at radius 3 is 2.57 bits per heavy atom. The average molecular weight is 433 g/mol. The van der Waals surface area contributed by atoms with Gasteiger partial charge < -0.3 is 4.90 Å². The topological polar surface area (TPSA) is 16.1 Å². The quantitative estimate of drug-likeness (QED) is 0.342. The Labute approximate surface area is 171 Å². The van der Waals surface area contributed by atoms with Crippen molar-refractivity contribution in [2.75, 3.05) is 11.4 Å². The third kappa shape index (κ3) is 3.08. The van der Waals surface area contributed by atoms with E-state index in [1.165, 1.54) is 23.4 Å². The van der Waals surface area contributed by atoms with Gasteiger partial charge in [0, 0.05) is 27.7 Å². The molecule has 4 aromatic rings.